The zero-order valence-electron chi connectivity index (χ0n) is 50.2. The number of amides is 2. The van der Waals surface area contributed by atoms with E-state index in [0.717, 1.165) is 10.5 Å². The number of Topliss-reactive ketones (excluding diaryl/α,β-unsaturated/α-hetero) is 2. The first-order valence-electron chi connectivity index (χ1n) is 29.7. The minimum atomic E-state index is -2.62. The fourth-order valence-electron chi connectivity index (χ4n) is 13.1. The number of carboxylic acids is 1. The number of phenolic OH excluding ortho intramolecular Hbond substituents is 1. The zero-order chi connectivity index (χ0) is 62.3. The number of esters is 1. The molecule has 8 unspecified atom stereocenters. The number of aromatic carboxylic acids is 1. The van der Waals surface area contributed by atoms with Crippen molar-refractivity contribution in [2.75, 3.05) is 34.5 Å². The number of aliphatic hydroxyl groups excluding tert-OH is 2. The fourth-order valence-corrected chi connectivity index (χ4v) is 13.1. The first-order valence-corrected chi connectivity index (χ1v) is 29.7. The van der Waals surface area contributed by atoms with Crippen LogP contribution in [-0.4, -0.2) is 155 Å². The van der Waals surface area contributed by atoms with E-state index in [9.17, 15) is 59.1 Å². The van der Waals surface area contributed by atoms with Crippen LogP contribution in [0.5, 0.6) is 5.75 Å². The standard InChI is InChI=1S/C65H82N2O19/c1-34-25-35(2)27-54(81-7)59-55(82-8)29-37(4)65(79,86-59)60(73)61(74)67-23-12-11-15-47(67)63(77)85-57(36(3)28-39-16-20-49(70)53(30-39)80-6)38(5)50(71)32-51(72)40(26-34)22-24-83-64(78)66-33-46-48(69)21-19-45-56(42-13-9-10-14-43(42)62(75)76)44-18-17-41(68)31-52(44)84-58(45)46/h9-10,13-14,17-19,21,26,28,31,35,37-40,47,49-50,53-55,57,59,69-71,79H,11-12,15-16,20,22-25,27,29-30,32-33H2,1-8H3,(H,66,78)(H,75,76)/b34-26+,36-28+/t35-,37?,38+,39?,40+,47?,49?,50?,53?,54-,55?,57+,59+,65?/m0/s1. The third-order valence-electron chi connectivity index (χ3n) is 17.9. The molecule has 0 aromatic heterocycles. The number of piperidine rings is 1. The van der Waals surface area contributed by atoms with Gasteiger partial charge in [-0.15, -0.1) is 0 Å². The summed E-state index contributed by atoms with van der Waals surface area (Å²) in [6.45, 7) is 8.14. The van der Waals surface area contributed by atoms with Gasteiger partial charge in [-0.2, -0.15) is 0 Å². The molecule has 4 heterocycles. The summed E-state index contributed by atoms with van der Waals surface area (Å²) >= 11 is 0. The summed E-state index contributed by atoms with van der Waals surface area (Å²) in [7, 11) is 4.47. The van der Waals surface area contributed by atoms with Crippen LogP contribution in [0.15, 0.2) is 87.1 Å². The SMILES string of the molecule is COC1CC(/C=C(\C)[C@H]2OC(=O)C3CCCCN3C(=O)C(=O)C3(O)O[C@@H](C(OC)CC3C)[C@@H](OC)C[C@@H](C)C/C(C)=C/[C@@H](CCOC(=O)NCc3c(O)ccc4c(-c5ccccc5C(=O)O)c5ccc(=O)cc-5oc34)C(=O)CC(O)[C@H]2C)CCC1O. The van der Waals surface area contributed by atoms with E-state index < -0.39 is 114 Å². The molecule has 6 N–H and O–H groups in total. The Kier molecular flexibility index (Phi) is 21.5. The second-order valence-corrected chi connectivity index (χ2v) is 24.0. The van der Waals surface area contributed by atoms with E-state index in [2.05, 4.69) is 5.32 Å². The Morgan fingerprint density at radius 1 is 0.849 bits per heavy atom. The van der Waals surface area contributed by atoms with Gasteiger partial charge in [-0.1, -0.05) is 56.7 Å². The summed E-state index contributed by atoms with van der Waals surface area (Å²) in [6, 6.07) is 12.1. The number of cyclic esters (lactones) is 1. The lowest BCUT2D eigenvalue weighted by molar-refractivity contribution is -0.302. The van der Waals surface area contributed by atoms with Crippen LogP contribution in [0.1, 0.15) is 121 Å². The molecule has 2 aromatic rings. The van der Waals surface area contributed by atoms with Crippen LogP contribution in [0.25, 0.3) is 33.4 Å². The Hall–Kier alpha value is -6.85. The Labute approximate surface area is 499 Å². The van der Waals surface area contributed by atoms with Crippen molar-refractivity contribution in [2.24, 2.45) is 29.6 Å². The van der Waals surface area contributed by atoms with E-state index in [-0.39, 0.29) is 84.4 Å². The fraction of sp³-hybridized carbons (Fsp3) is 0.554. The molecule has 0 spiro atoms. The summed E-state index contributed by atoms with van der Waals surface area (Å²) in [6.07, 6.45) is -0.441. The Bertz CT molecular complexity index is 3220. The molecule has 2 saturated heterocycles. The van der Waals surface area contributed by atoms with Gasteiger partial charge in [0.15, 0.2) is 5.43 Å². The molecule has 0 radical (unpaired) electrons. The monoisotopic (exact) mass is 1190 g/mol. The van der Waals surface area contributed by atoms with E-state index in [4.69, 9.17) is 32.8 Å². The molecule has 6 aliphatic rings. The first kappa shape index (κ1) is 65.1. The Morgan fingerprint density at radius 3 is 2.29 bits per heavy atom. The molecule has 21 nitrogen and oxygen atoms in total. The molecular weight excluding hydrogens is 1110 g/mol. The minimum absolute atomic E-state index is 0.00601. The van der Waals surface area contributed by atoms with Crippen molar-refractivity contribution in [3.8, 4) is 28.2 Å². The second-order valence-electron chi connectivity index (χ2n) is 24.0. The molecule has 1 saturated carbocycles. The molecule has 2 bridgehead atoms. The highest BCUT2D eigenvalue weighted by Gasteiger charge is 2.57. The highest BCUT2D eigenvalue weighted by molar-refractivity contribution is 6.39. The van der Waals surface area contributed by atoms with Crippen LogP contribution < -0.4 is 10.7 Å². The molecule has 2 aliphatic carbocycles. The normalized spacial score (nSPS) is 31.1. The van der Waals surface area contributed by atoms with Crippen molar-refractivity contribution in [1.29, 1.82) is 0 Å². The van der Waals surface area contributed by atoms with Crippen molar-refractivity contribution >= 4 is 46.5 Å². The summed E-state index contributed by atoms with van der Waals surface area (Å²) < 4.78 is 42.0. The third kappa shape index (κ3) is 14.4. The molecule has 4 aliphatic heterocycles. The van der Waals surface area contributed by atoms with Crippen molar-refractivity contribution in [3.63, 3.8) is 0 Å². The maximum Gasteiger partial charge on any atom is 0.407 e. The molecule has 3 fully saturated rings. The number of methoxy groups -OCH3 is 3. The third-order valence-corrected chi connectivity index (χ3v) is 17.9. The number of carbonyl (C=O) groups is 6. The van der Waals surface area contributed by atoms with E-state index >= 15 is 0 Å². The number of carboxylic acid groups (broad SMARTS) is 1. The first-order chi connectivity index (χ1) is 41.0. The molecule has 21 heteroatoms. The number of allylic oxidation sites excluding steroid dienone is 3. The predicted octanol–water partition coefficient (Wildman–Crippen LogP) is 7.66. The number of ether oxygens (including phenoxy) is 6. The number of hydrogen-bond acceptors (Lipinski definition) is 18. The van der Waals surface area contributed by atoms with Crippen LogP contribution >= 0.6 is 0 Å². The Morgan fingerprint density at radius 2 is 1.57 bits per heavy atom. The van der Waals surface area contributed by atoms with Gasteiger partial charge in [0, 0.05) is 74.6 Å². The number of hydrogen-bond donors (Lipinski definition) is 6. The second kappa shape index (κ2) is 28.3. The number of fused-ring (bicyclic) bond motifs is 5. The van der Waals surface area contributed by atoms with E-state index in [0.29, 0.717) is 72.6 Å². The smallest absolute Gasteiger partial charge is 0.407 e. The van der Waals surface area contributed by atoms with Gasteiger partial charge in [-0.05, 0) is 131 Å². The summed E-state index contributed by atoms with van der Waals surface area (Å²) in [4.78, 5) is 98.2. The molecule has 2 amide bonds. The number of aliphatic hydroxyl groups is 3. The number of carbonyl (C=O) groups excluding carboxylic acids is 5. The van der Waals surface area contributed by atoms with Crippen molar-refractivity contribution < 1.29 is 87.1 Å². The number of rotatable bonds is 12. The van der Waals surface area contributed by atoms with Crippen LogP contribution in [0.3, 0.4) is 0 Å². The highest BCUT2D eigenvalue weighted by atomic mass is 16.7. The van der Waals surface area contributed by atoms with E-state index in [1.165, 1.54) is 51.7 Å². The summed E-state index contributed by atoms with van der Waals surface area (Å²) in [5, 5.41) is 59.5. The van der Waals surface area contributed by atoms with Crippen molar-refractivity contribution in [1.82, 2.24) is 10.2 Å². The molecule has 14 atom stereocenters. The van der Waals surface area contributed by atoms with Gasteiger partial charge in [0.2, 0.25) is 5.79 Å². The topological polar surface area (TPSA) is 304 Å². The van der Waals surface area contributed by atoms with Crippen molar-refractivity contribution in [3.05, 3.63) is 99.2 Å². The number of phenols is 1. The lowest BCUT2D eigenvalue weighted by Gasteiger charge is -2.47. The molecule has 466 valence electrons. The maximum absolute atomic E-state index is 14.8. The lowest BCUT2D eigenvalue weighted by atomic mass is 9.81. The number of nitrogens with one attached hydrogen (secondary N) is 1. The van der Waals surface area contributed by atoms with Crippen LogP contribution in [-0.2, 0) is 54.1 Å². The zero-order valence-corrected chi connectivity index (χ0v) is 50.2. The van der Waals surface area contributed by atoms with Gasteiger partial charge in [0.1, 0.15) is 41.1 Å². The molecule has 8 rings (SSSR count). The number of nitrogens with zero attached hydrogens (tertiary/aromatic N) is 1. The average molecular weight is 1200 g/mol. The molecule has 86 heavy (non-hydrogen) atoms. The largest absolute Gasteiger partial charge is 0.507 e. The van der Waals surface area contributed by atoms with Gasteiger partial charge in [0.05, 0.1) is 54.8 Å². The predicted molar refractivity (Wildman–Crippen MR) is 314 cm³/mol. The average Bonchev–Trinajstić information content (AvgIpc) is 0.808. The number of benzene rings is 3. The van der Waals surface area contributed by atoms with E-state index in [1.54, 1.807) is 51.1 Å². The highest BCUT2D eigenvalue weighted by Crippen LogP contribution is 2.44. The van der Waals surface area contributed by atoms with Crippen LogP contribution in [0.4, 0.5) is 4.79 Å². The summed E-state index contributed by atoms with van der Waals surface area (Å²) in [5.74, 6) is -10.7. The van der Waals surface area contributed by atoms with E-state index in [1.807, 2.05) is 19.9 Å². The van der Waals surface area contributed by atoms with Gasteiger partial charge in [-0.25, -0.2) is 14.4 Å². The Balaban J connectivity index is 1.08. The maximum atomic E-state index is 14.8. The van der Waals surface area contributed by atoms with Gasteiger partial charge in [-0.3, -0.25) is 19.2 Å². The van der Waals surface area contributed by atoms with Gasteiger partial charge >= 0.3 is 18.0 Å². The number of ketones is 2. The van der Waals surface area contributed by atoms with Crippen molar-refractivity contribution in [2.45, 2.75) is 166 Å². The van der Waals surface area contributed by atoms with Gasteiger partial charge < -0.3 is 68.6 Å². The lowest BCUT2D eigenvalue weighted by Crippen LogP contribution is -2.64. The number of aromatic hydroxyl groups is 1. The summed E-state index contributed by atoms with van der Waals surface area (Å²) in [5.41, 5.74) is 2.26. The molecular formula is C65H82N2O19. The quantitative estimate of drug-likeness (QED) is 0.0343. The van der Waals surface area contributed by atoms with Crippen LogP contribution in [0, 0.1) is 29.6 Å². The molecule has 2 aromatic carbocycles. The van der Waals surface area contributed by atoms with Crippen LogP contribution in [0.2, 0.25) is 0 Å². The number of alkyl carbamates (subject to hydrolysis) is 1. The minimum Gasteiger partial charge on any atom is -0.507 e. The van der Waals surface area contributed by atoms with Gasteiger partial charge in [0.25, 0.3) is 11.7 Å².